The topological polar surface area (TPSA) is 40.1 Å². The maximum atomic E-state index is 10.2. The smallest absolute Gasteiger partial charge is 0.550 e. The Kier molecular flexibility index (Phi) is 20.0. The molecule has 0 rings (SSSR count). The maximum absolute atomic E-state index is 10.2. The van der Waals surface area contributed by atoms with E-state index in [9.17, 15) is 9.90 Å². The summed E-state index contributed by atoms with van der Waals surface area (Å²) in [6.45, 7) is 2.25. The van der Waals surface area contributed by atoms with Gasteiger partial charge in [0.25, 0.3) is 0 Å². The average molecular weight is 442 g/mol. The van der Waals surface area contributed by atoms with Crippen molar-refractivity contribution in [2.45, 2.75) is 90.4 Å². The third kappa shape index (κ3) is 18.8. The molecule has 0 amide bonds. The van der Waals surface area contributed by atoms with Crippen LogP contribution in [0.3, 0.4) is 0 Å². The Morgan fingerprint density at radius 2 is 1.06 bits per heavy atom. The summed E-state index contributed by atoms with van der Waals surface area (Å²) in [5.74, 6) is -0.905. The largest absolute Gasteiger partial charge is 1.00 e. The van der Waals surface area contributed by atoms with Crippen LogP contribution in [-0.2, 0) is 32.5 Å². The van der Waals surface area contributed by atoms with Gasteiger partial charge in [0, 0.05) is 5.97 Å². The van der Waals surface area contributed by atoms with E-state index >= 15 is 0 Å². The first-order valence-electron chi connectivity index (χ1n) is 7.47. The van der Waals surface area contributed by atoms with Crippen LogP contribution in [0, 0.1) is 0 Å². The first-order valence-corrected chi connectivity index (χ1v) is 7.47. The first kappa shape index (κ1) is 20.7. The molecule has 0 aromatic rings. The van der Waals surface area contributed by atoms with Crippen LogP contribution in [-0.4, -0.2) is 5.97 Å². The van der Waals surface area contributed by atoms with Gasteiger partial charge in [-0.25, -0.2) is 0 Å². The van der Waals surface area contributed by atoms with Crippen LogP contribution in [0.2, 0.25) is 0 Å². The maximum Gasteiger partial charge on any atom is 1.00 e. The summed E-state index contributed by atoms with van der Waals surface area (Å²) < 4.78 is 0. The van der Waals surface area contributed by atoms with E-state index in [0.29, 0.717) is 0 Å². The molecule has 18 heavy (non-hydrogen) atoms. The third-order valence-corrected chi connectivity index (χ3v) is 3.23. The van der Waals surface area contributed by atoms with Gasteiger partial charge < -0.3 is 9.90 Å². The number of hydrogen-bond donors (Lipinski definition) is 0. The van der Waals surface area contributed by atoms with Gasteiger partial charge in [-0.05, 0) is 12.8 Å². The number of carbonyl (C=O) groups is 1. The molecular formula is C15H29HgO2. The quantitative estimate of drug-likeness (QED) is 0.322. The molecule has 1 radical (unpaired) electrons. The van der Waals surface area contributed by atoms with Crippen molar-refractivity contribution in [3.63, 3.8) is 0 Å². The zero-order valence-corrected chi connectivity index (χ0v) is 17.7. The molecule has 0 N–H and O–H groups in total. The fraction of sp³-hybridized carbons (Fsp3) is 0.933. The molecular weight excluding hydrogens is 413 g/mol. The minimum absolute atomic E-state index is 0. The van der Waals surface area contributed by atoms with Gasteiger partial charge >= 0.3 is 27.7 Å². The molecule has 0 aliphatic heterocycles. The monoisotopic (exact) mass is 443 g/mol. The van der Waals surface area contributed by atoms with Crippen molar-refractivity contribution >= 4 is 5.97 Å². The normalized spacial score (nSPS) is 10.1. The summed E-state index contributed by atoms with van der Waals surface area (Å²) >= 11 is 0. The van der Waals surface area contributed by atoms with Crippen LogP contribution < -0.4 is 5.11 Å². The fourth-order valence-corrected chi connectivity index (χ4v) is 2.11. The van der Waals surface area contributed by atoms with Gasteiger partial charge in [0.1, 0.15) is 0 Å². The molecule has 0 aliphatic carbocycles. The van der Waals surface area contributed by atoms with E-state index in [1.807, 2.05) is 0 Å². The Morgan fingerprint density at radius 3 is 1.39 bits per heavy atom. The number of unbranched alkanes of at least 4 members (excludes halogenated alkanes) is 11. The summed E-state index contributed by atoms with van der Waals surface area (Å²) in [6, 6.07) is 0. The molecule has 0 saturated heterocycles. The zero-order chi connectivity index (χ0) is 12.8. The van der Waals surface area contributed by atoms with Crippen molar-refractivity contribution in [3.8, 4) is 0 Å². The van der Waals surface area contributed by atoms with Crippen LogP contribution >= 0.6 is 0 Å². The van der Waals surface area contributed by atoms with E-state index in [0.717, 1.165) is 12.8 Å². The molecule has 0 spiro atoms. The van der Waals surface area contributed by atoms with Crippen molar-refractivity contribution in [3.05, 3.63) is 0 Å². The molecule has 0 aliphatic rings. The Morgan fingerprint density at radius 1 is 0.722 bits per heavy atom. The molecule has 0 unspecified atom stereocenters. The summed E-state index contributed by atoms with van der Waals surface area (Å²) in [7, 11) is 0. The fourth-order valence-electron chi connectivity index (χ4n) is 2.11. The second-order valence-electron chi connectivity index (χ2n) is 5.01. The van der Waals surface area contributed by atoms with Crippen LogP contribution in [0.5, 0.6) is 0 Å². The average Bonchev–Trinajstić information content (AvgIpc) is 2.30. The van der Waals surface area contributed by atoms with E-state index < -0.39 is 5.97 Å². The Balaban J connectivity index is 0. The molecule has 0 fully saturated rings. The Bertz CT molecular complexity index is 172. The minimum Gasteiger partial charge on any atom is -0.550 e. The van der Waals surface area contributed by atoms with E-state index in [2.05, 4.69) is 6.92 Å². The van der Waals surface area contributed by atoms with Crippen LogP contribution in [0.4, 0.5) is 0 Å². The standard InChI is InChI=1S/C15H30O2.Hg/c1-2-3-4-5-6-7-8-9-10-11-12-13-14-15(16)17;/h2-14H2,1H3,(H,16,17);/q;+1/p-1. The van der Waals surface area contributed by atoms with Crippen molar-refractivity contribution < 1.29 is 37.6 Å². The van der Waals surface area contributed by atoms with Gasteiger partial charge in [0.05, 0.1) is 0 Å². The molecule has 103 valence electrons. The van der Waals surface area contributed by atoms with Gasteiger partial charge in [-0.15, -0.1) is 0 Å². The van der Waals surface area contributed by atoms with Crippen LogP contribution in [0.15, 0.2) is 0 Å². The van der Waals surface area contributed by atoms with Gasteiger partial charge in [0.2, 0.25) is 0 Å². The molecule has 0 aromatic heterocycles. The minimum atomic E-state index is -0.905. The van der Waals surface area contributed by atoms with E-state index in [1.54, 1.807) is 0 Å². The van der Waals surface area contributed by atoms with Gasteiger partial charge in [-0.1, -0.05) is 77.6 Å². The van der Waals surface area contributed by atoms with Gasteiger partial charge in [0.15, 0.2) is 0 Å². The molecule has 0 aromatic carbocycles. The van der Waals surface area contributed by atoms with Gasteiger partial charge in [-0.2, -0.15) is 0 Å². The Labute approximate surface area is 133 Å². The number of aliphatic carboxylic acids is 1. The second-order valence-corrected chi connectivity index (χ2v) is 5.01. The molecule has 2 nitrogen and oxygen atoms in total. The number of carboxylic acid groups (broad SMARTS) is 1. The van der Waals surface area contributed by atoms with Gasteiger partial charge in [-0.3, -0.25) is 0 Å². The summed E-state index contributed by atoms with van der Waals surface area (Å²) in [6.07, 6.45) is 15.5. The first-order chi connectivity index (χ1) is 8.27. The number of carbonyl (C=O) groups excluding carboxylic acids is 1. The van der Waals surface area contributed by atoms with Crippen LogP contribution in [0.25, 0.3) is 0 Å². The zero-order valence-electron chi connectivity index (χ0n) is 12.2. The second kappa shape index (κ2) is 17.4. The van der Waals surface area contributed by atoms with Crippen molar-refractivity contribution in [2.24, 2.45) is 0 Å². The van der Waals surface area contributed by atoms with Crippen molar-refractivity contribution in [2.75, 3.05) is 0 Å². The Hall–Kier alpha value is 0.405. The SMILES string of the molecule is CCCCCCCCCCCCCCC(=O)[O-].[Hg+]. The molecule has 0 saturated carbocycles. The van der Waals surface area contributed by atoms with E-state index in [4.69, 9.17) is 0 Å². The number of rotatable bonds is 13. The number of hydrogen-bond acceptors (Lipinski definition) is 2. The van der Waals surface area contributed by atoms with Crippen molar-refractivity contribution in [1.29, 1.82) is 0 Å². The molecule has 0 bridgehead atoms. The predicted octanol–water partition coefficient (Wildman–Crippen LogP) is 3.83. The predicted molar refractivity (Wildman–Crippen MR) is 70.7 cm³/mol. The molecule has 0 heterocycles. The summed E-state index contributed by atoms with van der Waals surface area (Å²) in [5, 5.41) is 10.2. The van der Waals surface area contributed by atoms with E-state index in [1.165, 1.54) is 64.2 Å². The molecule has 3 heteroatoms. The van der Waals surface area contributed by atoms with E-state index in [-0.39, 0.29) is 34.1 Å². The summed E-state index contributed by atoms with van der Waals surface area (Å²) in [5.41, 5.74) is 0. The number of carboxylic acids is 1. The van der Waals surface area contributed by atoms with Crippen molar-refractivity contribution in [1.82, 2.24) is 0 Å². The molecule has 0 atom stereocenters. The third-order valence-electron chi connectivity index (χ3n) is 3.23. The van der Waals surface area contributed by atoms with Crippen LogP contribution in [0.1, 0.15) is 90.4 Å². The summed E-state index contributed by atoms with van der Waals surface area (Å²) in [4.78, 5) is 10.2.